The van der Waals surface area contributed by atoms with Crippen molar-refractivity contribution in [3.63, 3.8) is 0 Å². The third-order valence-electron chi connectivity index (χ3n) is 10.8. The second-order valence-corrected chi connectivity index (χ2v) is 15.9. The highest BCUT2D eigenvalue weighted by Crippen LogP contribution is 2.51. The molecule has 4 nitrogen and oxygen atoms in total. The van der Waals surface area contributed by atoms with Gasteiger partial charge >= 0.3 is 0 Å². The second kappa shape index (κ2) is 16.7. The standard InChI is InChI=1S/C56H46N4/c1-56(2,3)46-38-51(59(47-28-16-7-17-29-47)48-30-18-8-19-31-48)54(44-24-12-5-13-25-44)52(39-46)60(49-32-20-9-21-33-49)53-40-50(57-55(58-53)45-26-14-6-15-27-45)43-36-34-42(35-37-43)41-22-10-4-11-23-41/h4-40H,1-3H3. The minimum Gasteiger partial charge on any atom is -0.310 e. The highest BCUT2D eigenvalue weighted by molar-refractivity contribution is 5.99. The maximum absolute atomic E-state index is 5.47. The molecule has 0 unspecified atom stereocenters. The molecule has 1 heterocycles. The number of para-hydroxylation sites is 3. The van der Waals surface area contributed by atoms with E-state index in [1.54, 1.807) is 0 Å². The van der Waals surface area contributed by atoms with Crippen molar-refractivity contribution in [2.24, 2.45) is 0 Å². The van der Waals surface area contributed by atoms with Crippen LogP contribution in [0.2, 0.25) is 0 Å². The number of hydrogen-bond acceptors (Lipinski definition) is 4. The SMILES string of the molecule is CC(C)(C)c1cc(N(c2ccccc2)c2ccccc2)c(-c2ccccc2)c(N(c2ccccc2)c2cc(-c3ccc(-c4ccccc4)cc3)nc(-c3ccccc3)n2)c1. The van der Waals surface area contributed by atoms with Crippen molar-refractivity contribution < 1.29 is 0 Å². The molecule has 290 valence electrons. The van der Waals surface area contributed by atoms with Crippen LogP contribution in [0, 0.1) is 0 Å². The molecular formula is C56H46N4. The van der Waals surface area contributed by atoms with Crippen LogP contribution in [-0.2, 0) is 5.41 Å². The van der Waals surface area contributed by atoms with Gasteiger partial charge in [0.2, 0.25) is 0 Å². The molecule has 0 aliphatic carbocycles. The molecule has 0 aliphatic heterocycles. The molecule has 1 aromatic heterocycles. The number of benzene rings is 8. The lowest BCUT2D eigenvalue weighted by Gasteiger charge is -2.35. The van der Waals surface area contributed by atoms with Gasteiger partial charge in [-0.2, -0.15) is 0 Å². The molecular weight excluding hydrogens is 729 g/mol. The highest BCUT2D eigenvalue weighted by Gasteiger charge is 2.29. The Morgan fingerprint density at radius 1 is 0.350 bits per heavy atom. The van der Waals surface area contributed by atoms with Crippen LogP contribution in [0.1, 0.15) is 26.3 Å². The molecule has 4 heteroatoms. The van der Waals surface area contributed by atoms with Crippen LogP contribution in [-0.4, -0.2) is 9.97 Å². The van der Waals surface area contributed by atoms with Crippen LogP contribution in [0.3, 0.4) is 0 Å². The fourth-order valence-corrected chi connectivity index (χ4v) is 7.73. The van der Waals surface area contributed by atoms with E-state index in [0.29, 0.717) is 5.82 Å². The van der Waals surface area contributed by atoms with Crippen LogP contribution in [0.25, 0.3) is 44.9 Å². The number of anilines is 6. The molecule has 0 atom stereocenters. The first kappa shape index (κ1) is 38.0. The molecule has 0 amide bonds. The van der Waals surface area contributed by atoms with Crippen LogP contribution < -0.4 is 9.80 Å². The third-order valence-corrected chi connectivity index (χ3v) is 10.8. The smallest absolute Gasteiger partial charge is 0.162 e. The third kappa shape index (κ3) is 7.96. The fraction of sp³-hybridized carbons (Fsp3) is 0.0714. The Bertz CT molecular complexity index is 2760. The highest BCUT2D eigenvalue weighted by atomic mass is 15.2. The normalized spacial score (nSPS) is 11.2. The molecule has 8 aromatic carbocycles. The lowest BCUT2D eigenvalue weighted by molar-refractivity contribution is 0.590. The van der Waals surface area contributed by atoms with E-state index in [1.807, 2.05) is 24.3 Å². The minimum absolute atomic E-state index is 0.202. The largest absolute Gasteiger partial charge is 0.310 e. The average molecular weight is 775 g/mol. The summed E-state index contributed by atoms with van der Waals surface area (Å²) >= 11 is 0. The van der Waals surface area contributed by atoms with Crippen molar-refractivity contribution >= 4 is 34.3 Å². The van der Waals surface area contributed by atoms with Gasteiger partial charge in [-0.1, -0.05) is 191 Å². The van der Waals surface area contributed by atoms with Gasteiger partial charge in [-0.15, -0.1) is 0 Å². The topological polar surface area (TPSA) is 32.3 Å². The first-order chi connectivity index (χ1) is 29.4. The van der Waals surface area contributed by atoms with Crippen LogP contribution in [0.4, 0.5) is 34.3 Å². The van der Waals surface area contributed by atoms with Crippen molar-refractivity contribution in [3.05, 3.63) is 230 Å². The lowest BCUT2D eigenvalue weighted by atomic mass is 9.84. The van der Waals surface area contributed by atoms with Crippen molar-refractivity contribution in [2.45, 2.75) is 26.2 Å². The molecule has 0 fully saturated rings. The summed E-state index contributed by atoms with van der Waals surface area (Å²) in [6.07, 6.45) is 0. The molecule has 0 bridgehead atoms. The van der Waals surface area contributed by atoms with Gasteiger partial charge in [0.15, 0.2) is 5.82 Å². The zero-order valence-electron chi connectivity index (χ0n) is 34.2. The van der Waals surface area contributed by atoms with Gasteiger partial charge in [0.05, 0.1) is 17.1 Å². The molecule has 0 saturated heterocycles. The summed E-state index contributed by atoms with van der Waals surface area (Å²) < 4.78 is 0. The number of nitrogens with zero attached hydrogens (tertiary/aromatic N) is 4. The Labute approximate surface area is 353 Å². The maximum Gasteiger partial charge on any atom is 0.162 e. The Hall–Kier alpha value is -7.56. The van der Waals surface area contributed by atoms with Crippen molar-refractivity contribution in [1.82, 2.24) is 9.97 Å². The van der Waals surface area contributed by atoms with Crippen molar-refractivity contribution in [3.8, 4) is 44.9 Å². The first-order valence-electron chi connectivity index (χ1n) is 20.5. The quantitative estimate of drug-likeness (QED) is 0.139. The van der Waals surface area contributed by atoms with E-state index in [0.717, 1.165) is 67.8 Å². The number of hydrogen-bond donors (Lipinski definition) is 0. The molecule has 0 saturated carbocycles. The predicted molar refractivity (Wildman–Crippen MR) is 252 cm³/mol. The van der Waals surface area contributed by atoms with E-state index < -0.39 is 0 Å². The molecule has 0 N–H and O–H groups in total. The Morgan fingerprint density at radius 3 is 1.22 bits per heavy atom. The zero-order chi connectivity index (χ0) is 40.9. The van der Waals surface area contributed by atoms with Gasteiger partial charge in [-0.05, 0) is 76.2 Å². The van der Waals surface area contributed by atoms with E-state index in [1.165, 1.54) is 11.1 Å². The zero-order valence-corrected chi connectivity index (χ0v) is 34.2. The summed E-state index contributed by atoms with van der Waals surface area (Å²) in [6.45, 7) is 6.86. The molecule has 0 aliphatic rings. The molecule has 9 aromatic rings. The predicted octanol–water partition coefficient (Wildman–Crippen LogP) is 15.4. The fourth-order valence-electron chi connectivity index (χ4n) is 7.73. The van der Waals surface area contributed by atoms with Crippen molar-refractivity contribution in [2.75, 3.05) is 9.80 Å². The van der Waals surface area contributed by atoms with Gasteiger partial charge in [0.25, 0.3) is 0 Å². The molecule has 9 rings (SSSR count). The number of aromatic nitrogens is 2. The summed E-state index contributed by atoms with van der Waals surface area (Å²) in [5.74, 6) is 1.41. The van der Waals surface area contributed by atoms with Gasteiger partial charge in [-0.3, -0.25) is 4.90 Å². The first-order valence-corrected chi connectivity index (χ1v) is 20.5. The lowest BCUT2D eigenvalue weighted by Crippen LogP contribution is -2.20. The number of rotatable bonds is 10. The van der Waals surface area contributed by atoms with E-state index in [2.05, 4.69) is 231 Å². The summed E-state index contributed by atoms with van der Waals surface area (Å²) in [6, 6.07) is 79.0. The Balaban J connectivity index is 1.36. The molecule has 0 spiro atoms. The maximum atomic E-state index is 5.47. The van der Waals surface area contributed by atoms with Crippen LogP contribution in [0.5, 0.6) is 0 Å². The van der Waals surface area contributed by atoms with Crippen molar-refractivity contribution in [1.29, 1.82) is 0 Å². The minimum atomic E-state index is -0.202. The van der Waals surface area contributed by atoms with Gasteiger partial charge in [0, 0.05) is 39.8 Å². The van der Waals surface area contributed by atoms with Crippen LogP contribution >= 0.6 is 0 Å². The van der Waals surface area contributed by atoms with E-state index in [9.17, 15) is 0 Å². The van der Waals surface area contributed by atoms with Gasteiger partial charge < -0.3 is 4.90 Å². The average Bonchev–Trinajstić information content (AvgIpc) is 3.31. The molecule has 60 heavy (non-hydrogen) atoms. The van der Waals surface area contributed by atoms with Gasteiger partial charge in [0.1, 0.15) is 5.82 Å². The Kier molecular flexibility index (Phi) is 10.6. The summed E-state index contributed by atoms with van der Waals surface area (Å²) in [7, 11) is 0. The van der Waals surface area contributed by atoms with E-state index >= 15 is 0 Å². The van der Waals surface area contributed by atoms with Crippen LogP contribution in [0.15, 0.2) is 224 Å². The molecule has 0 radical (unpaired) electrons. The summed E-state index contributed by atoms with van der Waals surface area (Å²) in [5, 5.41) is 0. The monoisotopic (exact) mass is 774 g/mol. The van der Waals surface area contributed by atoms with E-state index in [4.69, 9.17) is 9.97 Å². The summed E-state index contributed by atoms with van der Waals surface area (Å²) in [5.41, 5.74) is 13.5. The second-order valence-electron chi connectivity index (χ2n) is 15.9. The summed E-state index contributed by atoms with van der Waals surface area (Å²) in [4.78, 5) is 15.4. The van der Waals surface area contributed by atoms with E-state index in [-0.39, 0.29) is 5.41 Å². The van der Waals surface area contributed by atoms with Gasteiger partial charge in [-0.25, -0.2) is 9.97 Å². The Morgan fingerprint density at radius 2 is 0.733 bits per heavy atom.